The molecule has 1 aliphatic rings. The van der Waals surface area contributed by atoms with Crippen LogP contribution in [0.2, 0.25) is 0 Å². The Labute approximate surface area is 131 Å². The minimum absolute atomic E-state index is 0.0852. The lowest BCUT2D eigenvalue weighted by Crippen LogP contribution is -2.48. The number of fused-ring (bicyclic) bond motifs is 1. The average molecular weight is 319 g/mol. The van der Waals surface area contributed by atoms with Gasteiger partial charge in [-0.25, -0.2) is 0 Å². The molecule has 0 aromatic carbocycles. The zero-order chi connectivity index (χ0) is 15.9. The van der Waals surface area contributed by atoms with E-state index in [4.69, 9.17) is 11.5 Å². The van der Waals surface area contributed by atoms with Gasteiger partial charge < -0.3 is 21.3 Å². The van der Waals surface area contributed by atoms with E-state index in [9.17, 15) is 9.59 Å². The van der Waals surface area contributed by atoms with Gasteiger partial charge in [-0.05, 0) is 0 Å². The van der Waals surface area contributed by atoms with E-state index in [0.717, 1.165) is 15.8 Å². The summed E-state index contributed by atoms with van der Waals surface area (Å²) in [4.78, 5) is 31.4. The van der Waals surface area contributed by atoms with E-state index < -0.39 is 5.91 Å². The Morgan fingerprint density at radius 3 is 2.50 bits per heavy atom. The number of thiophene rings is 1. The fourth-order valence-electron chi connectivity index (χ4n) is 2.74. The van der Waals surface area contributed by atoms with Gasteiger partial charge >= 0.3 is 0 Å². The smallest absolute Gasteiger partial charge is 0.260 e. The van der Waals surface area contributed by atoms with Crippen molar-refractivity contribution < 1.29 is 9.59 Å². The maximum absolute atomic E-state index is 11.5. The summed E-state index contributed by atoms with van der Waals surface area (Å²) >= 11 is 1.26. The van der Waals surface area contributed by atoms with Crippen molar-refractivity contribution in [2.75, 3.05) is 36.8 Å². The highest BCUT2D eigenvalue weighted by molar-refractivity contribution is 7.21. The largest absolute Gasteiger partial charge is 0.397 e. The molecule has 8 heteroatoms. The van der Waals surface area contributed by atoms with Crippen LogP contribution < -0.4 is 16.4 Å². The number of hydrogen-bond donors (Lipinski definition) is 2. The summed E-state index contributed by atoms with van der Waals surface area (Å²) in [6.07, 6.45) is 3.44. The fraction of sp³-hybridized carbons (Fsp3) is 0.357. The molecule has 0 saturated carbocycles. The molecule has 0 unspecified atom stereocenters. The molecule has 0 radical (unpaired) electrons. The van der Waals surface area contributed by atoms with Crippen molar-refractivity contribution >= 4 is 44.6 Å². The van der Waals surface area contributed by atoms with Gasteiger partial charge in [0.2, 0.25) is 5.91 Å². The molecule has 1 fully saturated rings. The summed E-state index contributed by atoms with van der Waals surface area (Å²) in [6, 6.07) is 0. The zero-order valence-corrected chi connectivity index (χ0v) is 13.0. The molecule has 0 aliphatic carbocycles. The minimum Gasteiger partial charge on any atom is -0.397 e. The second-order valence-electron chi connectivity index (χ2n) is 5.23. The number of carbonyl (C=O) groups is 2. The monoisotopic (exact) mass is 319 g/mol. The van der Waals surface area contributed by atoms with Crippen molar-refractivity contribution in [2.24, 2.45) is 5.73 Å². The third-order valence-electron chi connectivity index (χ3n) is 3.91. The average Bonchev–Trinajstić information content (AvgIpc) is 2.85. The van der Waals surface area contributed by atoms with Gasteiger partial charge in [0.05, 0.1) is 22.3 Å². The highest BCUT2D eigenvalue weighted by atomic mass is 32.1. The lowest BCUT2D eigenvalue weighted by atomic mass is 10.2. The first-order chi connectivity index (χ1) is 10.5. The molecule has 1 saturated heterocycles. The summed E-state index contributed by atoms with van der Waals surface area (Å²) in [5.74, 6) is -0.437. The second kappa shape index (κ2) is 5.45. The number of nitrogens with two attached hydrogens (primary N) is 2. The van der Waals surface area contributed by atoms with Gasteiger partial charge in [0.15, 0.2) is 0 Å². The predicted molar refractivity (Wildman–Crippen MR) is 87.0 cm³/mol. The number of piperazine rings is 1. The molecule has 3 heterocycles. The number of primary amides is 1. The summed E-state index contributed by atoms with van der Waals surface area (Å²) < 4.78 is 0.845. The van der Waals surface area contributed by atoms with E-state index in [1.807, 2.05) is 4.90 Å². The Kier molecular flexibility index (Phi) is 3.61. The number of aromatic nitrogens is 1. The van der Waals surface area contributed by atoms with Crippen LogP contribution in [0.4, 0.5) is 11.4 Å². The third-order valence-corrected chi connectivity index (χ3v) is 5.06. The maximum atomic E-state index is 11.5. The molecule has 7 nitrogen and oxygen atoms in total. The Morgan fingerprint density at radius 2 is 1.91 bits per heavy atom. The molecule has 4 N–H and O–H groups in total. The van der Waals surface area contributed by atoms with Crippen LogP contribution >= 0.6 is 11.3 Å². The first-order valence-electron chi connectivity index (χ1n) is 6.95. The van der Waals surface area contributed by atoms with E-state index >= 15 is 0 Å². The normalized spacial score (nSPS) is 15.3. The summed E-state index contributed by atoms with van der Waals surface area (Å²) in [6.45, 7) is 4.33. The van der Waals surface area contributed by atoms with E-state index in [1.165, 1.54) is 11.3 Å². The first kappa shape index (κ1) is 14.6. The molecule has 3 rings (SSSR count). The lowest BCUT2D eigenvalue weighted by molar-refractivity contribution is -0.129. The lowest BCUT2D eigenvalue weighted by Gasteiger charge is -2.35. The molecule has 116 valence electrons. The first-order valence-corrected chi connectivity index (χ1v) is 7.77. The molecule has 2 aromatic heterocycles. The predicted octanol–water partition coefficient (Wildman–Crippen LogP) is 0.646. The molecule has 2 amide bonds. The Balaban J connectivity index is 1.98. The number of hydrogen-bond acceptors (Lipinski definition) is 6. The van der Waals surface area contributed by atoms with Crippen LogP contribution in [-0.4, -0.2) is 47.9 Å². The maximum Gasteiger partial charge on any atom is 0.260 e. The molecule has 22 heavy (non-hydrogen) atoms. The number of amides is 2. The number of rotatable bonds is 2. The van der Waals surface area contributed by atoms with Crippen LogP contribution in [0.25, 0.3) is 10.1 Å². The summed E-state index contributed by atoms with van der Waals surface area (Å²) in [7, 11) is 0. The Morgan fingerprint density at radius 1 is 1.23 bits per heavy atom. The molecular formula is C14H17N5O2S. The van der Waals surface area contributed by atoms with Gasteiger partial charge in [-0.1, -0.05) is 0 Å². The van der Waals surface area contributed by atoms with E-state index in [0.29, 0.717) is 36.7 Å². The molecule has 2 aromatic rings. The number of carbonyl (C=O) groups excluding carboxylic acids is 2. The molecular weight excluding hydrogens is 302 g/mol. The van der Waals surface area contributed by atoms with Crippen molar-refractivity contribution in [1.29, 1.82) is 0 Å². The van der Waals surface area contributed by atoms with Gasteiger partial charge in [0.1, 0.15) is 4.88 Å². The van der Waals surface area contributed by atoms with Crippen LogP contribution in [0.5, 0.6) is 0 Å². The minimum atomic E-state index is -0.522. The van der Waals surface area contributed by atoms with E-state index in [-0.39, 0.29) is 5.91 Å². The molecule has 0 bridgehead atoms. The topological polar surface area (TPSA) is 106 Å². The van der Waals surface area contributed by atoms with Gasteiger partial charge in [0.25, 0.3) is 5.91 Å². The van der Waals surface area contributed by atoms with Crippen molar-refractivity contribution in [1.82, 2.24) is 9.88 Å². The van der Waals surface area contributed by atoms with Gasteiger partial charge in [-0.2, -0.15) is 0 Å². The van der Waals surface area contributed by atoms with Crippen LogP contribution in [0, 0.1) is 0 Å². The second-order valence-corrected chi connectivity index (χ2v) is 6.29. The van der Waals surface area contributed by atoms with E-state index in [2.05, 4.69) is 9.88 Å². The van der Waals surface area contributed by atoms with Crippen LogP contribution in [0.15, 0.2) is 12.4 Å². The Bertz CT molecular complexity index is 749. The van der Waals surface area contributed by atoms with Crippen molar-refractivity contribution in [2.45, 2.75) is 6.92 Å². The van der Waals surface area contributed by atoms with Crippen LogP contribution in [0.1, 0.15) is 16.6 Å². The molecule has 0 spiro atoms. The summed E-state index contributed by atoms with van der Waals surface area (Å²) in [5.41, 5.74) is 12.8. The number of nitrogens with zero attached hydrogens (tertiary/aromatic N) is 3. The van der Waals surface area contributed by atoms with Gasteiger partial charge in [0, 0.05) is 44.7 Å². The fourth-order valence-corrected chi connectivity index (χ4v) is 3.71. The quantitative estimate of drug-likeness (QED) is 0.845. The van der Waals surface area contributed by atoms with Crippen LogP contribution in [0.3, 0.4) is 0 Å². The Hall–Kier alpha value is -2.35. The molecule has 1 aliphatic heterocycles. The number of nitrogen functional groups attached to an aromatic ring is 1. The van der Waals surface area contributed by atoms with Crippen molar-refractivity contribution in [3.05, 3.63) is 17.3 Å². The van der Waals surface area contributed by atoms with Crippen LogP contribution in [-0.2, 0) is 4.79 Å². The van der Waals surface area contributed by atoms with Crippen molar-refractivity contribution in [3.8, 4) is 0 Å². The molecule has 0 atom stereocenters. The SMILES string of the molecule is CC(=O)N1CCN(c2cncc3sc(C(N)=O)c(N)c23)CC1. The van der Waals surface area contributed by atoms with E-state index in [1.54, 1.807) is 19.3 Å². The summed E-state index contributed by atoms with van der Waals surface area (Å²) in [5, 5.41) is 0.824. The van der Waals surface area contributed by atoms with Crippen molar-refractivity contribution in [3.63, 3.8) is 0 Å². The van der Waals surface area contributed by atoms with Gasteiger partial charge in [-0.15, -0.1) is 11.3 Å². The highest BCUT2D eigenvalue weighted by Gasteiger charge is 2.23. The standard InChI is InChI=1S/C14H17N5O2S/c1-8(20)18-2-4-19(5-3-18)9-6-17-7-10-11(9)12(15)13(22-10)14(16)21/h6-7H,2-5,15H2,1H3,(H2,16,21). The van der Waals surface area contributed by atoms with Gasteiger partial charge in [-0.3, -0.25) is 14.6 Å². The highest BCUT2D eigenvalue weighted by Crippen LogP contribution is 2.39. The number of pyridine rings is 1. The third kappa shape index (κ3) is 2.35. The zero-order valence-electron chi connectivity index (χ0n) is 12.2. The number of anilines is 2.